The first kappa shape index (κ1) is 25.4. The van der Waals surface area contributed by atoms with E-state index in [1.54, 1.807) is 34.0 Å². The van der Waals surface area contributed by atoms with Crippen LogP contribution in [0.2, 0.25) is 0 Å². The number of allylic oxidation sites excluding steroid dienone is 3. The number of fused-ring (bicyclic) bond motifs is 1. The molecule has 0 spiro atoms. The standard InChI is InChI=1S/C28H25ClN6O3/c1-5-22-31-14-20(27(32-22)38-4)35-25(15(2)3)23-24(33-35)28(37)34(18-10-11-21(36)19(29)12-18)26(23)17-8-6-16(13-30)7-9-17/h6-10,12,14-15,26H,5,11H2,1-4H3. The Morgan fingerprint density at radius 2 is 1.97 bits per heavy atom. The number of methoxy groups -OCH3 is 1. The van der Waals surface area contributed by atoms with Crippen LogP contribution >= 0.6 is 11.6 Å². The molecule has 38 heavy (non-hydrogen) atoms. The predicted molar refractivity (Wildman–Crippen MR) is 140 cm³/mol. The van der Waals surface area contributed by atoms with E-state index < -0.39 is 6.04 Å². The summed E-state index contributed by atoms with van der Waals surface area (Å²) in [5.74, 6) is 0.433. The lowest BCUT2D eigenvalue weighted by molar-refractivity contribution is -0.114. The highest BCUT2D eigenvalue weighted by atomic mass is 35.5. The number of halogens is 1. The molecule has 1 amide bonds. The Labute approximate surface area is 225 Å². The summed E-state index contributed by atoms with van der Waals surface area (Å²) in [7, 11) is 1.54. The molecule has 2 aliphatic rings. The molecule has 9 nitrogen and oxygen atoms in total. The summed E-state index contributed by atoms with van der Waals surface area (Å²) in [5.41, 5.74) is 4.19. The first-order valence-electron chi connectivity index (χ1n) is 12.3. The Balaban J connectivity index is 1.75. The van der Waals surface area contributed by atoms with Crippen LogP contribution in [0.4, 0.5) is 0 Å². The molecule has 0 N–H and O–H groups in total. The topological polar surface area (TPSA) is 114 Å². The Morgan fingerprint density at radius 1 is 1.24 bits per heavy atom. The van der Waals surface area contributed by atoms with Crippen LogP contribution in [0.3, 0.4) is 0 Å². The number of amides is 1. The van der Waals surface area contributed by atoms with Gasteiger partial charge in [-0.3, -0.25) is 14.5 Å². The number of ether oxygens (including phenoxy) is 1. The first-order chi connectivity index (χ1) is 18.3. The van der Waals surface area contributed by atoms with Gasteiger partial charge < -0.3 is 4.74 Å². The van der Waals surface area contributed by atoms with E-state index in [1.807, 2.05) is 32.9 Å². The van der Waals surface area contributed by atoms with Crippen LogP contribution in [0, 0.1) is 11.3 Å². The number of carbonyl (C=O) groups excluding carboxylic acids is 2. The summed E-state index contributed by atoms with van der Waals surface area (Å²) in [6.45, 7) is 6.01. The van der Waals surface area contributed by atoms with Crippen LogP contribution in [0.25, 0.3) is 5.69 Å². The Hall–Kier alpha value is -4.29. The van der Waals surface area contributed by atoms with Crippen molar-refractivity contribution in [1.29, 1.82) is 5.26 Å². The lowest BCUT2D eigenvalue weighted by atomic mass is 9.93. The van der Waals surface area contributed by atoms with Crippen LogP contribution < -0.4 is 4.74 Å². The molecule has 3 heterocycles. The molecule has 2 aromatic heterocycles. The molecule has 0 saturated carbocycles. The van der Waals surface area contributed by atoms with Gasteiger partial charge in [0.25, 0.3) is 5.91 Å². The van der Waals surface area contributed by atoms with Gasteiger partial charge in [-0.05, 0) is 29.7 Å². The molecular formula is C28H25ClN6O3. The largest absolute Gasteiger partial charge is 0.479 e. The van der Waals surface area contributed by atoms with Gasteiger partial charge in [0, 0.05) is 24.1 Å². The van der Waals surface area contributed by atoms with Crippen molar-refractivity contribution < 1.29 is 14.3 Å². The molecule has 0 fully saturated rings. The molecule has 1 unspecified atom stereocenters. The lowest BCUT2D eigenvalue weighted by Crippen LogP contribution is -2.30. The highest BCUT2D eigenvalue weighted by molar-refractivity contribution is 6.43. The third kappa shape index (κ3) is 4.07. The molecule has 1 atom stereocenters. The lowest BCUT2D eigenvalue weighted by Gasteiger charge is -2.29. The van der Waals surface area contributed by atoms with Crippen LogP contribution in [-0.2, 0) is 11.2 Å². The Bertz CT molecular complexity index is 1560. The average molecular weight is 529 g/mol. The van der Waals surface area contributed by atoms with Gasteiger partial charge in [-0.15, -0.1) is 0 Å². The molecule has 5 rings (SSSR count). The number of ketones is 1. The summed E-state index contributed by atoms with van der Waals surface area (Å²) in [4.78, 5) is 36.6. The van der Waals surface area contributed by atoms with Crippen LogP contribution in [0.1, 0.15) is 77.8 Å². The van der Waals surface area contributed by atoms with Crippen molar-refractivity contribution in [3.63, 3.8) is 0 Å². The number of aryl methyl sites for hydroxylation is 1. The number of aromatic nitrogens is 4. The Kier molecular flexibility index (Phi) is 6.59. The summed E-state index contributed by atoms with van der Waals surface area (Å²) in [6, 6.07) is 8.68. The fourth-order valence-electron chi connectivity index (χ4n) is 4.88. The van der Waals surface area contributed by atoms with E-state index in [-0.39, 0.29) is 34.8 Å². The maximum atomic E-state index is 14.0. The van der Waals surface area contributed by atoms with Crippen LogP contribution in [0.5, 0.6) is 5.88 Å². The van der Waals surface area contributed by atoms with Gasteiger partial charge in [-0.2, -0.15) is 15.3 Å². The average Bonchev–Trinajstić information content (AvgIpc) is 3.45. The predicted octanol–water partition coefficient (Wildman–Crippen LogP) is 4.75. The van der Waals surface area contributed by atoms with E-state index in [0.29, 0.717) is 35.1 Å². The maximum Gasteiger partial charge on any atom is 0.280 e. The molecule has 10 heteroatoms. The minimum Gasteiger partial charge on any atom is -0.479 e. The number of hydrogen-bond donors (Lipinski definition) is 0. The van der Waals surface area contributed by atoms with Gasteiger partial charge in [-0.1, -0.05) is 50.6 Å². The normalized spacial score (nSPS) is 16.9. The number of nitriles is 1. The van der Waals surface area contributed by atoms with E-state index in [2.05, 4.69) is 16.0 Å². The molecule has 0 radical (unpaired) electrons. The van der Waals surface area contributed by atoms with E-state index in [1.165, 1.54) is 13.2 Å². The quantitative estimate of drug-likeness (QED) is 0.453. The zero-order chi connectivity index (χ0) is 27.1. The molecule has 0 saturated heterocycles. The van der Waals surface area contributed by atoms with Crippen molar-refractivity contribution >= 4 is 23.3 Å². The molecule has 1 aromatic carbocycles. The van der Waals surface area contributed by atoms with Gasteiger partial charge in [0.15, 0.2) is 11.5 Å². The van der Waals surface area contributed by atoms with Crippen molar-refractivity contribution in [2.45, 2.75) is 45.6 Å². The van der Waals surface area contributed by atoms with Crippen LogP contribution in [-0.4, -0.2) is 43.4 Å². The van der Waals surface area contributed by atoms with Crippen molar-refractivity contribution in [1.82, 2.24) is 24.6 Å². The molecule has 1 aliphatic carbocycles. The highest BCUT2D eigenvalue weighted by Crippen LogP contribution is 2.46. The van der Waals surface area contributed by atoms with Gasteiger partial charge in [0.1, 0.15) is 11.5 Å². The number of nitrogens with zero attached hydrogens (tertiary/aromatic N) is 6. The second-order valence-corrected chi connectivity index (χ2v) is 9.72. The van der Waals surface area contributed by atoms with Gasteiger partial charge in [0.2, 0.25) is 5.88 Å². The number of benzene rings is 1. The van der Waals surface area contributed by atoms with Crippen molar-refractivity contribution in [2.75, 3.05) is 7.11 Å². The Morgan fingerprint density at radius 3 is 2.58 bits per heavy atom. The zero-order valence-electron chi connectivity index (χ0n) is 21.4. The van der Waals surface area contributed by atoms with E-state index in [9.17, 15) is 14.9 Å². The van der Waals surface area contributed by atoms with E-state index in [4.69, 9.17) is 21.4 Å². The van der Waals surface area contributed by atoms with E-state index >= 15 is 0 Å². The summed E-state index contributed by atoms with van der Waals surface area (Å²) < 4.78 is 7.27. The second-order valence-electron chi connectivity index (χ2n) is 9.31. The van der Waals surface area contributed by atoms with Gasteiger partial charge >= 0.3 is 0 Å². The molecule has 1 aliphatic heterocycles. The van der Waals surface area contributed by atoms with Gasteiger partial charge in [0.05, 0.1) is 41.7 Å². The molecular weight excluding hydrogens is 504 g/mol. The van der Waals surface area contributed by atoms with Crippen molar-refractivity contribution in [2.24, 2.45) is 0 Å². The van der Waals surface area contributed by atoms with Crippen molar-refractivity contribution in [3.05, 3.63) is 87.2 Å². The SMILES string of the molecule is CCc1ncc(-n2nc3c(c2C(C)C)C(c2ccc(C#N)cc2)N(C2=CCC(=O)C(Cl)=C2)C3=O)c(OC)n1. The fraction of sp³-hybridized carbons (Fsp3) is 0.286. The van der Waals surface area contributed by atoms with Crippen LogP contribution in [0.15, 0.2) is 53.3 Å². The third-order valence-electron chi connectivity index (χ3n) is 6.65. The number of hydrogen-bond acceptors (Lipinski definition) is 7. The fourth-order valence-corrected chi connectivity index (χ4v) is 5.07. The van der Waals surface area contributed by atoms with E-state index in [0.717, 1.165) is 16.8 Å². The van der Waals surface area contributed by atoms with Gasteiger partial charge in [-0.25, -0.2) is 9.67 Å². The summed E-state index contributed by atoms with van der Waals surface area (Å²) in [6.07, 6.45) is 5.64. The minimum atomic E-state index is -0.557. The molecule has 3 aromatic rings. The molecule has 192 valence electrons. The molecule has 0 bridgehead atoms. The minimum absolute atomic E-state index is 0.0449. The monoisotopic (exact) mass is 528 g/mol. The number of Topliss-reactive ketones (excluding diaryl/α,β-unsaturated/α-hetero) is 1. The highest BCUT2D eigenvalue weighted by Gasteiger charge is 2.46. The number of rotatable bonds is 6. The van der Waals surface area contributed by atoms with Crippen molar-refractivity contribution in [3.8, 4) is 17.6 Å². The summed E-state index contributed by atoms with van der Waals surface area (Å²) >= 11 is 6.20. The smallest absolute Gasteiger partial charge is 0.280 e. The zero-order valence-corrected chi connectivity index (χ0v) is 22.2. The maximum absolute atomic E-state index is 14.0. The first-order valence-corrected chi connectivity index (χ1v) is 12.6. The number of carbonyl (C=O) groups is 2. The third-order valence-corrected chi connectivity index (χ3v) is 6.97. The summed E-state index contributed by atoms with van der Waals surface area (Å²) in [5, 5.41) is 14.2. The second kappa shape index (κ2) is 9.88.